The summed E-state index contributed by atoms with van der Waals surface area (Å²) in [6.07, 6.45) is 1.86. The molecule has 0 fully saturated rings. The molecule has 336 valence electrons. The fourth-order valence-corrected chi connectivity index (χ4v) is 9.82. The lowest BCUT2D eigenvalue weighted by Gasteiger charge is -2.33. The second-order valence-electron chi connectivity index (χ2n) is 21.5. The Kier molecular flexibility index (Phi) is 10.7. The molecule has 1 aliphatic rings. The molecular formula is C62H62N4O. The van der Waals surface area contributed by atoms with E-state index in [9.17, 15) is 0 Å². The van der Waals surface area contributed by atoms with Crippen LogP contribution in [0.15, 0.2) is 182 Å². The topological polar surface area (TPSA) is 33.5 Å². The summed E-state index contributed by atoms with van der Waals surface area (Å²) in [6, 6.07) is 64.1. The number of aromatic nitrogens is 2. The van der Waals surface area contributed by atoms with Gasteiger partial charge in [0.05, 0.1) is 22.4 Å². The van der Waals surface area contributed by atoms with Crippen molar-refractivity contribution in [1.82, 2.24) is 9.55 Å². The summed E-state index contributed by atoms with van der Waals surface area (Å²) in [4.78, 5) is 9.75. The van der Waals surface area contributed by atoms with Gasteiger partial charge in [-0.15, -0.1) is 0 Å². The van der Waals surface area contributed by atoms with E-state index in [2.05, 4.69) is 247 Å². The number of pyridine rings is 1. The maximum Gasteiger partial charge on any atom is 0.137 e. The van der Waals surface area contributed by atoms with Crippen molar-refractivity contribution in [2.45, 2.75) is 90.9 Å². The minimum Gasteiger partial charge on any atom is -0.457 e. The van der Waals surface area contributed by atoms with Gasteiger partial charge in [0.15, 0.2) is 0 Å². The first-order chi connectivity index (χ1) is 32.0. The van der Waals surface area contributed by atoms with Crippen molar-refractivity contribution in [3.05, 3.63) is 216 Å². The van der Waals surface area contributed by atoms with Crippen LogP contribution in [0.1, 0.15) is 103 Å². The molecule has 5 nitrogen and oxygen atoms in total. The minimum atomic E-state index is -0.246. The van der Waals surface area contributed by atoms with Gasteiger partial charge in [-0.3, -0.25) is 4.57 Å². The van der Waals surface area contributed by atoms with E-state index in [4.69, 9.17) is 9.72 Å². The second kappa shape index (κ2) is 16.3. The lowest BCUT2D eigenvalue weighted by molar-refractivity contribution is 0.483. The third-order valence-corrected chi connectivity index (χ3v) is 14.2. The molecule has 0 spiro atoms. The molecule has 7 aromatic carbocycles. The number of hydrogen-bond donors (Lipinski definition) is 0. The van der Waals surface area contributed by atoms with Gasteiger partial charge < -0.3 is 14.5 Å². The molecule has 0 bridgehead atoms. The first-order valence-electron chi connectivity index (χ1n) is 23.7. The summed E-state index contributed by atoms with van der Waals surface area (Å²) in [6.45, 7) is 23.7. The van der Waals surface area contributed by atoms with Crippen LogP contribution < -0.4 is 14.5 Å². The molecule has 10 rings (SSSR count). The predicted molar refractivity (Wildman–Crippen MR) is 282 cm³/mol. The standard InChI is InChI=1S/C62H62N4O/c1-59(2,3)44-27-31-54-53(37-44)52-30-29-51(40-56(52)66(54)58-26-17-18-33-63-58)67-50-25-19-24-48(39-50)64-41-65(57-38-45(60(4,5)6)28-32-55(57)64)49-35-46(61(7,8)42-20-13-11-14-21-42)34-47(36-49)62(9,10)43-22-15-12-16-23-43/h11-40H,41H2,1-10H3. The average molecular weight is 879 g/mol. The fourth-order valence-electron chi connectivity index (χ4n) is 9.82. The first kappa shape index (κ1) is 43.8. The monoisotopic (exact) mass is 878 g/mol. The van der Waals surface area contributed by atoms with Crippen molar-refractivity contribution in [3.63, 3.8) is 0 Å². The number of ether oxygens (including phenoxy) is 1. The van der Waals surface area contributed by atoms with E-state index < -0.39 is 0 Å². The highest BCUT2D eigenvalue weighted by Gasteiger charge is 2.34. The van der Waals surface area contributed by atoms with Gasteiger partial charge in [0.25, 0.3) is 0 Å². The van der Waals surface area contributed by atoms with Crippen LogP contribution in [-0.2, 0) is 21.7 Å². The van der Waals surface area contributed by atoms with Gasteiger partial charge in [-0.05, 0) is 117 Å². The van der Waals surface area contributed by atoms with E-state index in [0.29, 0.717) is 6.67 Å². The van der Waals surface area contributed by atoms with E-state index in [1.807, 2.05) is 18.3 Å². The van der Waals surface area contributed by atoms with Crippen LogP contribution in [0, 0.1) is 0 Å². The lowest BCUT2D eigenvalue weighted by atomic mass is 9.73. The van der Waals surface area contributed by atoms with Crippen LogP contribution in [0.5, 0.6) is 11.5 Å². The summed E-state index contributed by atoms with van der Waals surface area (Å²) in [5.74, 6) is 2.42. The normalized spacial score (nSPS) is 13.4. The van der Waals surface area contributed by atoms with Crippen LogP contribution in [0.3, 0.4) is 0 Å². The fraction of sp³-hybridized carbons (Fsp3) is 0.242. The Bertz CT molecular complexity index is 3190. The molecule has 2 aromatic heterocycles. The Labute approximate surface area is 397 Å². The summed E-state index contributed by atoms with van der Waals surface area (Å²) in [5, 5.41) is 2.38. The molecule has 0 radical (unpaired) electrons. The van der Waals surface area contributed by atoms with Crippen molar-refractivity contribution < 1.29 is 4.74 Å². The Morgan fingerprint density at radius 1 is 0.403 bits per heavy atom. The third kappa shape index (κ3) is 8.05. The maximum absolute atomic E-state index is 6.83. The smallest absolute Gasteiger partial charge is 0.137 e. The molecule has 1 aliphatic heterocycles. The number of anilines is 4. The summed E-state index contributed by atoms with van der Waals surface area (Å²) in [7, 11) is 0. The van der Waals surface area contributed by atoms with Crippen LogP contribution in [-0.4, -0.2) is 16.2 Å². The van der Waals surface area contributed by atoms with E-state index >= 15 is 0 Å². The second-order valence-corrected chi connectivity index (χ2v) is 21.5. The zero-order valence-corrected chi connectivity index (χ0v) is 40.7. The molecule has 5 heteroatoms. The number of hydrogen-bond acceptors (Lipinski definition) is 4. The van der Waals surface area contributed by atoms with Gasteiger partial charge in [0.1, 0.15) is 24.0 Å². The van der Waals surface area contributed by atoms with Gasteiger partial charge in [0.2, 0.25) is 0 Å². The molecule has 0 atom stereocenters. The van der Waals surface area contributed by atoms with Crippen LogP contribution in [0.25, 0.3) is 27.6 Å². The zero-order valence-electron chi connectivity index (χ0n) is 40.7. The van der Waals surface area contributed by atoms with E-state index in [1.165, 1.54) is 55.5 Å². The lowest BCUT2D eigenvalue weighted by Crippen LogP contribution is -2.27. The maximum atomic E-state index is 6.83. The Morgan fingerprint density at radius 3 is 1.63 bits per heavy atom. The van der Waals surface area contributed by atoms with E-state index in [0.717, 1.165) is 39.7 Å². The molecule has 0 saturated heterocycles. The van der Waals surface area contributed by atoms with Gasteiger partial charge in [-0.2, -0.15) is 0 Å². The van der Waals surface area contributed by atoms with Crippen LogP contribution >= 0.6 is 0 Å². The van der Waals surface area contributed by atoms with Crippen molar-refractivity contribution in [2.24, 2.45) is 0 Å². The van der Waals surface area contributed by atoms with Gasteiger partial charge in [-0.25, -0.2) is 4.98 Å². The molecule has 0 aliphatic carbocycles. The summed E-state index contributed by atoms with van der Waals surface area (Å²) in [5.41, 5.74) is 14.0. The highest BCUT2D eigenvalue weighted by Crippen LogP contribution is 2.49. The third-order valence-electron chi connectivity index (χ3n) is 14.2. The molecule has 0 N–H and O–H groups in total. The van der Waals surface area contributed by atoms with Crippen molar-refractivity contribution in [1.29, 1.82) is 0 Å². The van der Waals surface area contributed by atoms with Crippen LogP contribution in [0.2, 0.25) is 0 Å². The van der Waals surface area contributed by atoms with Gasteiger partial charge >= 0.3 is 0 Å². The number of rotatable bonds is 9. The van der Waals surface area contributed by atoms with E-state index in [1.54, 1.807) is 0 Å². The highest BCUT2D eigenvalue weighted by atomic mass is 16.5. The summed E-state index contributed by atoms with van der Waals surface area (Å²) >= 11 is 0. The first-order valence-corrected chi connectivity index (χ1v) is 23.7. The Morgan fingerprint density at radius 2 is 1.00 bits per heavy atom. The van der Waals surface area contributed by atoms with Crippen molar-refractivity contribution in [2.75, 3.05) is 16.5 Å². The molecule has 0 unspecified atom stereocenters. The number of nitrogens with zero attached hydrogens (tertiary/aromatic N) is 4. The van der Waals surface area contributed by atoms with Crippen molar-refractivity contribution >= 4 is 44.6 Å². The predicted octanol–water partition coefficient (Wildman–Crippen LogP) is 16.5. The number of benzene rings is 7. The zero-order chi connectivity index (χ0) is 46.9. The molecule has 67 heavy (non-hydrogen) atoms. The highest BCUT2D eigenvalue weighted by molar-refractivity contribution is 6.09. The van der Waals surface area contributed by atoms with E-state index in [-0.39, 0.29) is 21.7 Å². The summed E-state index contributed by atoms with van der Waals surface area (Å²) < 4.78 is 9.09. The molecule has 3 heterocycles. The minimum absolute atomic E-state index is 0.0228. The van der Waals surface area contributed by atoms with Gasteiger partial charge in [-0.1, -0.05) is 160 Å². The number of fused-ring (bicyclic) bond motifs is 4. The molecular weight excluding hydrogens is 817 g/mol. The molecule has 0 amide bonds. The van der Waals surface area contributed by atoms with Crippen LogP contribution in [0.4, 0.5) is 22.7 Å². The van der Waals surface area contributed by atoms with Gasteiger partial charge in [0, 0.05) is 51.3 Å². The largest absolute Gasteiger partial charge is 0.457 e. The van der Waals surface area contributed by atoms with Crippen molar-refractivity contribution in [3.8, 4) is 17.3 Å². The quantitative estimate of drug-likeness (QED) is 0.145. The average Bonchev–Trinajstić information content (AvgIpc) is 3.87. The SMILES string of the molecule is CC(C)(C)c1ccc2c(c1)N(c1cc(C(C)(C)c3ccccc3)cc(C(C)(C)c3ccccc3)c1)CN2c1cccc(Oc2ccc3c4cc(C(C)(C)C)ccc4n(-c4ccccn4)c3c2)c1. The molecule has 9 aromatic rings. The molecule has 0 saturated carbocycles. The Balaban J connectivity index is 1.06. The Hall–Kier alpha value is -7.11.